The lowest BCUT2D eigenvalue weighted by Gasteiger charge is -2.22. The van der Waals surface area contributed by atoms with Gasteiger partial charge in [-0.25, -0.2) is 8.42 Å². The lowest BCUT2D eigenvalue weighted by molar-refractivity contribution is -0.386. The van der Waals surface area contributed by atoms with Crippen molar-refractivity contribution in [2.45, 2.75) is 23.3 Å². The minimum atomic E-state index is -4.79. The molecule has 0 aliphatic rings. The van der Waals surface area contributed by atoms with Crippen molar-refractivity contribution in [1.82, 2.24) is 4.72 Å². The third kappa shape index (κ3) is 4.80. The molecule has 0 saturated heterocycles. The van der Waals surface area contributed by atoms with Crippen molar-refractivity contribution in [2.24, 2.45) is 11.5 Å². The van der Waals surface area contributed by atoms with Gasteiger partial charge in [0.05, 0.1) is 27.6 Å². The first-order valence-corrected chi connectivity index (χ1v) is 8.86. The predicted octanol–water partition coefficient (Wildman–Crippen LogP) is 1.88. The summed E-state index contributed by atoms with van der Waals surface area (Å²) in [6.07, 6.45) is -6.31. The third-order valence-electron chi connectivity index (χ3n) is 3.65. The lowest BCUT2D eigenvalue weighted by Crippen LogP contribution is -2.48. The molecule has 0 spiro atoms. The Hall–Kier alpha value is -2.54. The first-order chi connectivity index (χ1) is 12.4. The quantitative estimate of drug-likeness (QED) is 0.381. The van der Waals surface area contributed by atoms with Crippen LogP contribution in [0.3, 0.4) is 0 Å². The minimum absolute atomic E-state index is 0.116. The van der Waals surface area contributed by atoms with E-state index in [1.54, 1.807) is 6.07 Å². The van der Waals surface area contributed by atoms with Crippen molar-refractivity contribution in [1.29, 1.82) is 0 Å². The monoisotopic (exact) mass is 404 g/mol. The van der Waals surface area contributed by atoms with Crippen molar-refractivity contribution in [2.75, 3.05) is 0 Å². The van der Waals surface area contributed by atoms with Crippen LogP contribution in [0, 0.1) is 10.1 Å². The fourth-order valence-corrected chi connectivity index (χ4v) is 3.43. The number of hydrogen-bond acceptors (Lipinski definition) is 6. The van der Waals surface area contributed by atoms with Crippen LogP contribution >= 0.6 is 0 Å². The smallest absolute Gasteiger partial charge is 0.321 e. The molecule has 0 aliphatic carbocycles. The molecule has 0 aromatic heterocycles. The fraction of sp³-hybridized carbons (Fsp3) is 0.200. The van der Waals surface area contributed by atoms with Gasteiger partial charge in [0.2, 0.25) is 10.0 Å². The van der Waals surface area contributed by atoms with Gasteiger partial charge in [0.25, 0.3) is 5.69 Å². The molecule has 146 valence electrons. The predicted molar refractivity (Wildman–Crippen MR) is 89.8 cm³/mol. The van der Waals surface area contributed by atoms with Crippen molar-refractivity contribution in [3.63, 3.8) is 0 Å². The van der Waals surface area contributed by atoms with E-state index in [4.69, 9.17) is 11.5 Å². The Morgan fingerprint density at radius 3 is 2.19 bits per heavy atom. The maximum atomic E-state index is 12.8. The maximum Gasteiger partial charge on any atom is 0.416 e. The number of sulfonamides is 1. The Labute approximate surface area is 152 Å². The summed E-state index contributed by atoms with van der Waals surface area (Å²) < 4.78 is 64.9. The number of hydrogen-bond donors (Lipinski definition) is 3. The molecule has 0 heterocycles. The van der Waals surface area contributed by atoms with Crippen LogP contribution in [-0.2, 0) is 16.2 Å². The summed E-state index contributed by atoms with van der Waals surface area (Å²) in [5.74, 6) is 0. The first kappa shape index (κ1) is 20.8. The van der Waals surface area contributed by atoms with Gasteiger partial charge in [0.1, 0.15) is 0 Å². The molecule has 0 radical (unpaired) electrons. The highest BCUT2D eigenvalue weighted by molar-refractivity contribution is 7.89. The second-order valence-electron chi connectivity index (χ2n) is 5.51. The van der Waals surface area contributed by atoms with Crippen LogP contribution in [0.5, 0.6) is 0 Å². The molecule has 2 rings (SSSR count). The summed E-state index contributed by atoms with van der Waals surface area (Å²) in [4.78, 5) is 9.98. The zero-order valence-corrected chi connectivity index (χ0v) is 14.4. The largest absolute Gasteiger partial charge is 0.416 e. The van der Waals surface area contributed by atoms with Crippen LogP contribution in [-0.4, -0.2) is 19.5 Å². The maximum absolute atomic E-state index is 12.8. The standard InChI is InChI=1S/C15H15F3N4O4S/c16-15(17,18)9-6-7-11(12(8-9)22(23)24)13(19)14(20)21-27(25,26)10-4-2-1-3-5-10/h1-8,13-14,21H,19-20H2. The van der Waals surface area contributed by atoms with E-state index in [-0.39, 0.29) is 10.5 Å². The Balaban J connectivity index is 2.34. The number of nitrogens with zero attached hydrogens (tertiary/aromatic N) is 1. The zero-order chi connectivity index (χ0) is 20.4. The number of nitrogens with one attached hydrogen (secondary N) is 1. The van der Waals surface area contributed by atoms with Crippen molar-refractivity contribution < 1.29 is 26.5 Å². The molecule has 12 heteroatoms. The minimum Gasteiger partial charge on any atom is -0.321 e. The normalized spacial score (nSPS) is 14.6. The van der Waals surface area contributed by atoms with Gasteiger partial charge in [0, 0.05) is 11.6 Å². The van der Waals surface area contributed by atoms with E-state index in [2.05, 4.69) is 4.72 Å². The second-order valence-corrected chi connectivity index (χ2v) is 7.23. The molecule has 0 amide bonds. The van der Waals surface area contributed by atoms with Crippen LogP contribution in [0.15, 0.2) is 53.4 Å². The summed E-state index contributed by atoms with van der Waals surface area (Å²) in [6, 6.07) is 7.41. The Morgan fingerprint density at radius 1 is 1.07 bits per heavy atom. The Kier molecular flexibility index (Phi) is 5.85. The first-order valence-electron chi connectivity index (χ1n) is 7.37. The third-order valence-corrected chi connectivity index (χ3v) is 5.12. The van der Waals surface area contributed by atoms with Crippen molar-refractivity contribution >= 4 is 15.7 Å². The lowest BCUT2D eigenvalue weighted by atomic mass is 10.0. The number of rotatable bonds is 6. The van der Waals surface area contributed by atoms with E-state index in [1.807, 2.05) is 0 Å². The van der Waals surface area contributed by atoms with Crippen LogP contribution in [0.25, 0.3) is 0 Å². The van der Waals surface area contributed by atoms with E-state index in [0.717, 1.165) is 6.07 Å². The van der Waals surface area contributed by atoms with Gasteiger partial charge in [-0.15, -0.1) is 0 Å². The number of nitrogens with two attached hydrogens (primary N) is 2. The van der Waals surface area contributed by atoms with Crippen LogP contribution in [0.2, 0.25) is 0 Å². The number of benzene rings is 2. The Morgan fingerprint density at radius 2 is 1.67 bits per heavy atom. The number of nitro groups is 1. The molecule has 0 bridgehead atoms. The molecule has 8 nitrogen and oxygen atoms in total. The highest BCUT2D eigenvalue weighted by Gasteiger charge is 2.35. The van der Waals surface area contributed by atoms with Crippen LogP contribution in [0.1, 0.15) is 17.2 Å². The topological polar surface area (TPSA) is 141 Å². The summed E-state index contributed by atoms with van der Waals surface area (Å²) in [7, 11) is -4.08. The molecule has 0 aliphatic heterocycles. The fourth-order valence-electron chi connectivity index (χ4n) is 2.27. The molecule has 2 aromatic rings. The van der Waals surface area contributed by atoms with Gasteiger partial charge in [-0.3, -0.25) is 10.1 Å². The van der Waals surface area contributed by atoms with E-state index in [9.17, 15) is 31.7 Å². The highest BCUT2D eigenvalue weighted by atomic mass is 32.2. The molecule has 2 unspecified atom stereocenters. The van der Waals surface area contributed by atoms with E-state index in [0.29, 0.717) is 12.1 Å². The number of halogens is 3. The summed E-state index contributed by atoms with van der Waals surface area (Å²) >= 11 is 0. The zero-order valence-electron chi connectivity index (χ0n) is 13.6. The van der Waals surface area contributed by atoms with Gasteiger partial charge in [-0.05, 0) is 24.3 Å². The number of nitro benzene ring substituents is 1. The van der Waals surface area contributed by atoms with Crippen LogP contribution < -0.4 is 16.2 Å². The number of alkyl halides is 3. The van der Waals surface area contributed by atoms with Crippen LogP contribution in [0.4, 0.5) is 18.9 Å². The van der Waals surface area contributed by atoms with Gasteiger partial charge in [0.15, 0.2) is 0 Å². The molecule has 0 fully saturated rings. The van der Waals surface area contributed by atoms with Gasteiger partial charge >= 0.3 is 6.18 Å². The van der Waals surface area contributed by atoms with Gasteiger partial charge in [-0.2, -0.15) is 17.9 Å². The van der Waals surface area contributed by atoms with Gasteiger partial charge < -0.3 is 11.5 Å². The SMILES string of the molecule is NC(NS(=O)(=O)c1ccccc1)C(N)c1ccc(C(F)(F)F)cc1[N+](=O)[O-]. The molecular weight excluding hydrogens is 389 g/mol. The van der Waals surface area contributed by atoms with Crippen molar-refractivity contribution in [3.8, 4) is 0 Å². The molecule has 2 aromatic carbocycles. The Bertz CT molecular complexity index is 936. The molecular formula is C15H15F3N4O4S. The highest BCUT2D eigenvalue weighted by Crippen LogP contribution is 2.34. The van der Waals surface area contributed by atoms with E-state index >= 15 is 0 Å². The molecule has 5 N–H and O–H groups in total. The molecule has 0 saturated carbocycles. The molecule has 27 heavy (non-hydrogen) atoms. The van der Waals surface area contributed by atoms with Gasteiger partial charge in [-0.1, -0.05) is 18.2 Å². The average Bonchev–Trinajstić information content (AvgIpc) is 2.60. The van der Waals surface area contributed by atoms with Crippen molar-refractivity contribution in [3.05, 3.63) is 69.8 Å². The van der Waals surface area contributed by atoms with E-state index < -0.39 is 44.6 Å². The molecule has 2 atom stereocenters. The van der Waals surface area contributed by atoms with E-state index in [1.165, 1.54) is 24.3 Å². The average molecular weight is 404 g/mol. The summed E-state index contributed by atoms with van der Waals surface area (Å²) in [6.45, 7) is 0. The summed E-state index contributed by atoms with van der Waals surface area (Å²) in [5.41, 5.74) is 9.01. The second kappa shape index (κ2) is 7.60. The summed E-state index contributed by atoms with van der Waals surface area (Å²) in [5, 5.41) is 11.1.